The molecule has 0 aliphatic rings. The average Bonchev–Trinajstić information content (AvgIpc) is 2.38. The fourth-order valence-electron chi connectivity index (χ4n) is 1.23. The Hall–Kier alpha value is -1.02. The number of alkyl halides is 2. The predicted octanol–water partition coefficient (Wildman–Crippen LogP) is 2.75. The average molecular weight is 339 g/mol. The molecule has 0 radical (unpaired) electrons. The van der Waals surface area contributed by atoms with Crippen LogP contribution in [0.3, 0.4) is 0 Å². The third kappa shape index (κ3) is 6.63. The summed E-state index contributed by atoms with van der Waals surface area (Å²) in [4.78, 5) is 8.36. The van der Waals surface area contributed by atoms with Crippen molar-refractivity contribution in [2.75, 3.05) is 36.9 Å². The summed E-state index contributed by atoms with van der Waals surface area (Å²) in [6, 6.07) is 0. The van der Waals surface area contributed by atoms with Crippen LogP contribution in [-0.2, 0) is 4.74 Å². The van der Waals surface area contributed by atoms with Gasteiger partial charge in [-0.3, -0.25) is 0 Å². The van der Waals surface area contributed by atoms with Crippen molar-refractivity contribution in [1.82, 2.24) is 9.97 Å². The zero-order chi connectivity index (χ0) is 14.1. The number of aromatic nitrogens is 2. The van der Waals surface area contributed by atoms with Crippen LogP contribution in [0.15, 0.2) is 10.7 Å². The molecule has 0 aliphatic heterocycles. The van der Waals surface area contributed by atoms with Gasteiger partial charge >= 0.3 is 0 Å². The Morgan fingerprint density at radius 2 is 2.16 bits per heavy atom. The third-order valence-electron chi connectivity index (χ3n) is 2.06. The van der Waals surface area contributed by atoms with Gasteiger partial charge in [-0.2, -0.15) is 4.98 Å². The van der Waals surface area contributed by atoms with E-state index in [1.807, 2.05) is 6.92 Å². The van der Waals surface area contributed by atoms with Crippen molar-refractivity contribution in [2.45, 2.75) is 19.8 Å². The first-order chi connectivity index (χ1) is 9.13. The van der Waals surface area contributed by atoms with Crippen LogP contribution < -0.4 is 10.6 Å². The Balaban J connectivity index is 2.39. The van der Waals surface area contributed by atoms with Gasteiger partial charge in [0.15, 0.2) is 0 Å². The molecule has 1 heterocycles. The van der Waals surface area contributed by atoms with Crippen LogP contribution in [0, 0.1) is 0 Å². The molecule has 0 atom stereocenters. The first kappa shape index (κ1) is 16.0. The Morgan fingerprint density at radius 3 is 2.84 bits per heavy atom. The molecule has 1 rings (SSSR count). The number of hydrogen-bond donors (Lipinski definition) is 2. The number of ether oxygens (including phenoxy) is 1. The molecule has 0 saturated carbocycles. The molecule has 0 amide bonds. The lowest BCUT2D eigenvalue weighted by Gasteiger charge is -2.10. The molecule has 1 aromatic heterocycles. The van der Waals surface area contributed by atoms with Crippen molar-refractivity contribution in [3.05, 3.63) is 10.7 Å². The molecular weight excluding hydrogens is 322 g/mol. The quantitative estimate of drug-likeness (QED) is 0.678. The Kier molecular flexibility index (Phi) is 7.57. The molecule has 2 N–H and O–H groups in total. The normalized spacial score (nSPS) is 10.8. The predicted molar refractivity (Wildman–Crippen MR) is 73.8 cm³/mol. The second kappa shape index (κ2) is 8.98. The summed E-state index contributed by atoms with van der Waals surface area (Å²) >= 11 is 3.31. The minimum Gasteiger partial charge on any atom is -0.374 e. The molecule has 0 saturated heterocycles. The van der Waals surface area contributed by atoms with Crippen molar-refractivity contribution in [3.63, 3.8) is 0 Å². The smallest absolute Gasteiger partial charge is 0.261 e. The van der Waals surface area contributed by atoms with Gasteiger partial charge in [-0.05, 0) is 22.4 Å². The number of halogens is 3. The molecule has 0 bridgehead atoms. The maximum absolute atomic E-state index is 11.8. The zero-order valence-corrected chi connectivity index (χ0v) is 12.2. The SMILES string of the molecule is CCCNc1ncc(Br)c(NCCOCC(F)F)n1. The second-order valence-corrected chi connectivity index (χ2v) is 4.56. The van der Waals surface area contributed by atoms with E-state index in [0.717, 1.165) is 13.0 Å². The van der Waals surface area contributed by atoms with Crippen molar-refractivity contribution < 1.29 is 13.5 Å². The third-order valence-corrected chi connectivity index (χ3v) is 2.64. The van der Waals surface area contributed by atoms with Crippen LogP contribution in [0.2, 0.25) is 0 Å². The van der Waals surface area contributed by atoms with Crippen LogP contribution in [-0.4, -0.2) is 42.7 Å². The van der Waals surface area contributed by atoms with E-state index < -0.39 is 13.0 Å². The highest BCUT2D eigenvalue weighted by Crippen LogP contribution is 2.19. The Bertz CT molecular complexity index is 382. The fourth-order valence-corrected chi connectivity index (χ4v) is 1.56. The highest BCUT2D eigenvalue weighted by molar-refractivity contribution is 9.10. The number of hydrogen-bond acceptors (Lipinski definition) is 5. The van der Waals surface area contributed by atoms with E-state index in [1.165, 1.54) is 0 Å². The zero-order valence-electron chi connectivity index (χ0n) is 10.6. The maximum atomic E-state index is 11.8. The largest absolute Gasteiger partial charge is 0.374 e. The minimum absolute atomic E-state index is 0.193. The Morgan fingerprint density at radius 1 is 1.37 bits per heavy atom. The van der Waals surface area contributed by atoms with Gasteiger partial charge in [0.1, 0.15) is 12.4 Å². The highest BCUT2D eigenvalue weighted by Gasteiger charge is 2.05. The van der Waals surface area contributed by atoms with Gasteiger partial charge in [0, 0.05) is 19.3 Å². The first-order valence-corrected chi connectivity index (χ1v) is 6.79. The molecule has 5 nitrogen and oxygen atoms in total. The maximum Gasteiger partial charge on any atom is 0.261 e. The highest BCUT2D eigenvalue weighted by atomic mass is 79.9. The molecule has 0 aliphatic carbocycles. The summed E-state index contributed by atoms with van der Waals surface area (Å²) in [5.74, 6) is 1.13. The van der Waals surface area contributed by atoms with E-state index in [4.69, 9.17) is 4.74 Å². The van der Waals surface area contributed by atoms with Gasteiger partial charge in [0.25, 0.3) is 6.43 Å². The van der Waals surface area contributed by atoms with E-state index in [2.05, 4.69) is 36.5 Å². The lowest BCUT2D eigenvalue weighted by molar-refractivity contribution is 0.0215. The van der Waals surface area contributed by atoms with Gasteiger partial charge in [-0.1, -0.05) is 6.92 Å². The van der Waals surface area contributed by atoms with Crippen molar-refractivity contribution in [2.24, 2.45) is 0 Å². The van der Waals surface area contributed by atoms with Gasteiger partial charge in [-0.25, -0.2) is 13.8 Å². The summed E-state index contributed by atoms with van der Waals surface area (Å²) in [5.41, 5.74) is 0. The van der Waals surface area contributed by atoms with Gasteiger partial charge < -0.3 is 15.4 Å². The van der Waals surface area contributed by atoms with E-state index in [1.54, 1.807) is 6.20 Å². The van der Waals surface area contributed by atoms with Crippen LogP contribution in [0.5, 0.6) is 0 Å². The van der Waals surface area contributed by atoms with Gasteiger partial charge in [0.2, 0.25) is 5.95 Å². The Labute approximate surface area is 119 Å². The lowest BCUT2D eigenvalue weighted by atomic mass is 10.5. The van der Waals surface area contributed by atoms with E-state index in [0.29, 0.717) is 22.8 Å². The number of anilines is 2. The second-order valence-electron chi connectivity index (χ2n) is 3.71. The van der Waals surface area contributed by atoms with Gasteiger partial charge in [-0.15, -0.1) is 0 Å². The van der Waals surface area contributed by atoms with Crippen molar-refractivity contribution >= 4 is 27.7 Å². The monoisotopic (exact) mass is 338 g/mol. The van der Waals surface area contributed by atoms with Crippen molar-refractivity contribution in [1.29, 1.82) is 0 Å². The van der Waals surface area contributed by atoms with Crippen molar-refractivity contribution in [3.8, 4) is 0 Å². The molecule has 0 aromatic carbocycles. The van der Waals surface area contributed by atoms with Crippen LogP contribution in [0.1, 0.15) is 13.3 Å². The molecule has 0 unspecified atom stereocenters. The van der Waals surface area contributed by atoms with E-state index in [-0.39, 0.29) is 6.61 Å². The summed E-state index contributed by atoms with van der Waals surface area (Å²) < 4.78 is 29.2. The fraction of sp³-hybridized carbons (Fsp3) is 0.636. The number of nitrogens with one attached hydrogen (secondary N) is 2. The van der Waals surface area contributed by atoms with E-state index in [9.17, 15) is 8.78 Å². The summed E-state index contributed by atoms with van der Waals surface area (Å²) in [6.45, 7) is 2.88. The summed E-state index contributed by atoms with van der Waals surface area (Å²) in [5, 5.41) is 6.06. The topological polar surface area (TPSA) is 59.1 Å². The van der Waals surface area contributed by atoms with Crippen LogP contribution in [0.25, 0.3) is 0 Å². The van der Waals surface area contributed by atoms with E-state index >= 15 is 0 Å². The molecule has 1 aromatic rings. The van der Waals surface area contributed by atoms with Gasteiger partial charge in [0.05, 0.1) is 11.1 Å². The standard InChI is InChI=1S/C11H17BrF2N4O/c1-2-3-16-11-17-6-8(12)10(18-11)15-4-5-19-7-9(13)14/h6,9H,2-5,7H2,1H3,(H2,15,16,17,18). The lowest BCUT2D eigenvalue weighted by Crippen LogP contribution is -2.14. The number of nitrogens with zero attached hydrogens (tertiary/aromatic N) is 2. The molecule has 108 valence electrons. The first-order valence-electron chi connectivity index (χ1n) is 5.99. The summed E-state index contributed by atoms with van der Waals surface area (Å²) in [6.07, 6.45) is 0.174. The molecule has 19 heavy (non-hydrogen) atoms. The summed E-state index contributed by atoms with van der Waals surface area (Å²) in [7, 11) is 0. The molecule has 0 fully saturated rings. The molecule has 0 spiro atoms. The molecular formula is C11H17BrF2N4O. The van der Waals surface area contributed by atoms with Crippen LogP contribution in [0.4, 0.5) is 20.5 Å². The molecule has 8 heteroatoms. The van der Waals surface area contributed by atoms with Crippen LogP contribution >= 0.6 is 15.9 Å². The minimum atomic E-state index is -2.43. The number of rotatable bonds is 9.